The second-order valence-corrected chi connectivity index (χ2v) is 7.73. The summed E-state index contributed by atoms with van der Waals surface area (Å²) >= 11 is 0. The molecule has 0 saturated carbocycles. The molecule has 0 aromatic heterocycles. The van der Waals surface area contributed by atoms with Crippen molar-refractivity contribution in [3.8, 4) is 0 Å². The molecule has 0 radical (unpaired) electrons. The number of piperazine rings is 1. The topological polar surface area (TPSA) is 78.5 Å². The molecule has 0 spiro atoms. The number of benzene rings is 2. The first-order valence-electron chi connectivity index (χ1n) is 8.17. The van der Waals surface area contributed by atoms with Gasteiger partial charge in [0.05, 0.1) is 4.90 Å². The van der Waals surface area contributed by atoms with Gasteiger partial charge in [0.1, 0.15) is 0 Å². The molecule has 1 unspecified atom stereocenters. The summed E-state index contributed by atoms with van der Waals surface area (Å²) in [6.45, 7) is 4.24. The van der Waals surface area contributed by atoms with Crippen LogP contribution in [0.3, 0.4) is 0 Å². The zero-order valence-electron chi connectivity index (χ0n) is 14.4. The average molecular weight is 396 g/mol. The molecular formula is C18H22ClN3O3S. The molecule has 2 aromatic rings. The summed E-state index contributed by atoms with van der Waals surface area (Å²) in [5.41, 5.74) is 0.977. The van der Waals surface area contributed by atoms with Crippen LogP contribution in [0.15, 0.2) is 59.5 Å². The van der Waals surface area contributed by atoms with Crippen LogP contribution in [0, 0.1) is 0 Å². The molecule has 6 nitrogen and oxygen atoms in total. The number of carbonyl (C=O) groups is 1. The molecule has 8 heteroatoms. The van der Waals surface area contributed by atoms with Crippen LogP contribution >= 0.6 is 12.4 Å². The second-order valence-electron chi connectivity index (χ2n) is 6.05. The van der Waals surface area contributed by atoms with E-state index in [-0.39, 0.29) is 29.3 Å². The zero-order chi connectivity index (χ0) is 17.9. The minimum Gasteiger partial charge on any atom is -0.333 e. The lowest BCUT2D eigenvalue weighted by Gasteiger charge is -2.34. The Bertz CT molecular complexity index is 842. The molecule has 2 aromatic carbocycles. The van der Waals surface area contributed by atoms with Gasteiger partial charge in [-0.2, -0.15) is 0 Å². The summed E-state index contributed by atoms with van der Waals surface area (Å²) in [6, 6.07) is 14.8. The van der Waals surface area contributed by atoms with E-state index in [4.69, 9.17) is 0 Å². The fraction of sp³-hybridized carbons (Fsp3) is 0.278. The van der Waals surface area contributed by atoms with Crippen LogP contribution in [0.2, 0.25) is 0 Å². The molecule has 2 N–H and O–H groups in total. The molecule has 26 heavy (non-hydrogen) atoms. The average Bonchev–Trinajstić information content (AvgIpc) is 2.63. The highest BCUT2D eigenvalue weighted by atomic mass is 35.5. The Morgan fingerprint density at radius 1 is 1.12 bits per heavy atom. The van der Waals surface area contributed by atoms with Crippen LogP contribution in [-0.2, 0) is 10.0 Å². The van der Waals surface area contributed by atoms with Crippen molar-refractivity contribution in [2.45, 2.75) is 17.9 Å². The molecule has 1 heterocycles. The zero-order valence-corrected chi connectivity index (χ0v) is 16.0. The van der Waals surface area contributed by atoms with Gasteiger partial charge in [0, 0.05) is 36.9 Å². The van der Waals surface area contributed by atoms with Gasteiger partial charge in [-0.05, 0) is 43.3 Å². The molecule has 1 amide bonds. The van der Waals surface area contributed by atoms with E-state index in [2.05, 4.69) is 10.0 Å². The van der Waals surface area contributed by atoms with Gasteiger partial charge < -0.3 is 10.2 Å². The lowest BCUT2D eigenvalue weighted by molar-refractivity contribution is 0.0656. The molecule has 0 aliphatic carbocycles. The van der Waals surface area contributed by atoms with E-state index in [1.807, 2.05) is 11.8 Å². The monoisotopic (exact) mass is 395 g/mol. The maximum atomic E-state index is 12.6. The molecule has 3 rings (SSSR count). The van der Waals surface area contributed by atoms with Gasteiger partial charge in [0.15, 0.2) is 0 Å². The maximum absolute atomic E-state index is 12.6. The van der Waals surface area contributed by atoms with Crippen LogP contribution < -0.4 is 10.0 Å². The predicted octanol–water partition coefficient (Wildman–Crippen LogP) is 2.34. The summed E-state index contributed by atoms with van der Waals surface area (Å²) in [5.74, 6) is -0.0357. The van der Waals surface area contributed by atoms with E-state index < -0.39 is 10.0 Å². The van der Waals surface area contributed by atoms with E-state index in [0.717, 1.165) is 13.1 Å². The molecule has 1 aliphatic heterocycles. The summed E-state index contributed by atoms with van der Waals surface area (Å²) < 4.78 is 27.2. The Morgan fingerprint density at radius 3 is 2.38 bits per heavy atom. The summed E-state index contributed by atoms with van der Waals surface area (Å²) in [5, 5.41) is 3.25. The highest BCUT2D eigenvalue weighted by Gasteiger charge is 2.24. The molecular weight excluding hydrogens is 374 g/mol. The van der Waals surface area contributed by atoms with Crippen molar-refractivity contribution in [3.63, 3.8) is 0 Å². The molecule has 0 bridgehead atoms. The highest BCUT2D eigenvalue weighted by molar-refractivity contribution is 7.92. The van der Waals surface area contributed by atoms with Gasteiger partial charge in [0.2, 0.25) is 0 Å². The first-order valence-corrected chi connectivity index (χ1v) is 9.65. The Balaban J connectivity index is 0.00000243. The smallest absolute Gasteiger partial charge is 0.261 e. The van der Waals surface area contributed by atoms with Gasteiger partial charge in [-0.3, -0.25) is 9.52 Å². The van der Waals surface area contributed by atoms with E-state index in [0.29, 0.717) is 17.8 Å². The Morgan fingerprint density at radius 2 is 1.77 bits per heavy atom. The first-order chi connectivity index (χ1) is 12.0. The van der Waals surface area contributed by atoms with Crippen molar-refractivity contribution in [3.05, 3.63) is 60.2 Å². The van der Waals surface area contributed by atoms with Crippen molar-refractivity contribution < 1.29 is 13.2 Å². The Labute approximate surface area is 160 Å². The van der Waals surface area contributed by atoms with Crippen LogP contribution in [-0.4, -0.2) is 44.9 Å². The van der Waals surface area contributed by atoms with E-state index in [1.54, 1.807) is 42.5 Å². The molecule has 140 valence electrons. The Hall–Kier alpha value is -2.09. The molecule has 1 saturated heterocycles. The number of nitrogens with one attached hydrogen (secondary N) is 2. The quantitative estimate of drug-likeness (QED) is 0.832. The number of nitrogens with zero attached hydrogens (tertiary/aromatic N) is 1. The van der Waals surface area contributed by atoms with Gasteiger partial charge >= 0.3 is 0 Å². The molecule has 1 aliphatic rings. The van der Waals surface area contributed by atoms with Crippen LogP contribution in [0.1, 0.15) is 17.3 Å². The minimum atomic E-state index is -3.63. The van der Waals surface area contributed by atoms with Gasteiger partial charge in [0.25, 0.3) is 15.9 Å². The third-order valence-corrected chi connectivity index (χ3v) is 5.60. The summed E-state index contributed by atoms with van der Waals surface area (Å²) in [7, 11) is -3.63. The molecule has 1 atom stereocenters. The largest absolute Gasteiger partial charge is 0.333 e. The van der Waals surface area contributed by atoms with Crippen LogP contribution in [0.4, 0.5) is 5.69 Å². The second kappa shape index (κ2) is 8.53. The number of hydrogen-bond donors (Lipinski definition) is 2. The van der Waals surface area contributed by atoms with E-state index in [1.165, 1.54) is 12.1 Å². The number of halogens is 1. The van der Waals surface area contributed by atoms with Gasteiger partial charge in [-0.15, -0.1) is 12.4 Å². The Kier molecular flexibility index (Phi) is 6.63. The fourth-order valence-corrected chi connectivity index (χ4v) is 3.88. The summed E-state index contributed by atoms with van der Waals surface area (Å²) in [4.78, 5) is 14.6. The lowest BCUT2D eigenvalue weighted by Crippen LogP contribution is -2.52. The maximum Gasteiger partial charge on any atom is 0.261 e. The normalized spacial score (nSPS) is 17.3. The van der Waals surface area contributed by atoms with Crippen LogP contribution in [0.5, 0.6) is 0 Å². The standard InChI is InChI=1S/C18H21N3O3S.ClH/c1-14-13-19-11-12-21(14)18(22)15-7-9-16(10-8-15)20-25(23,24)17-5-3-2-4-6-17;/h2-10,14,19-20H,11-13H2,1H3;1H. The number of hydrogen-bond acceptors (Lipinski definition) is 4. The predicted molar refractivity (Wildman–Crippen MR) is 104 cm³/mol. The van der Waals surface area contributed by atoms with Crippen molar-refractivity contribution in [2.75, 3.05) is 24.4 Å². The van der Waals surface area contributed by atoms with Crippen LogP contribution in [0.25, 0.3) is 0 Å². The summed E-state index contributed by atoms with van der Waals surface area (Å²) in [6.07, 6.45) is 0. The number of anilines is 1. The number of amides is 1. The van der Waals surface area contributed by atoms with Crippen molar-refractivity contribution >= 4 is 34.0 Å². The molecule has 1 fully saturated rings. The van der Waals surface area contributed by atoms with Crippen molar-refractivity contribution in [1.82, 2.24) is 10.2 Å². The number of sulfonamides is 1. The number of rotatable bonds is 4. The third-order valence-electron chi connectivity index (χ3n) is 4.20. The highest BCUT2D eigenvalue weighted by Crippen LogP contribution is 2.18. The van der Waals surface area contributed by atoms with Crippen molar-refractivity contribution in [1.29, 1.82) is 0 Å². The number of carbonyl (C=O) groups excluding carboxylic acids is 1. The van der Waals surface area contributed by atoms with Gasteiger partial charge in [-0.25, -0.2) is 8.42 Å². The van der Waals surface area contributed by atoms with Gasteiger partial charge in [-0.1, -0.05) is 18.2 Å². The van der Waals surface area contributed by atoms with Crippen molar-refractivity contribution in [2.24, 2.45) is 0 Å². The SMILES string of the molecule is CC1CNCCN1C(=O)c1ccc(NS(=O)(=O)c2ccccc2)cc1.Cl. The third kappa shape index (κ3) is 4.55. The fourth-order valence-electron chi connectivity index (χ4n) is 2.80. The first kappa shape index (κ1) is 20.2. The van der Waals surface area contributed by atoms with E-state index >= 15 is 0 Å². The minimum absolute atomic E-state index is 0. The lowest BCUT2D eigenvalue weighted by atomic mass is 10.1. The van der Waals surface area contributed by atoms with E-state index in [9.17, 15) is 13.2 Å².